The van der Waals surface area contributed by atoms with Crippen molar-refractivity contribution in [1.82, 2.24) is 0 Å². The van der Waals surface area contributed by atoms with Crippen LogP contribution in [0.3, 0.4) is 0 Å². The van der Waals surface area contributed by atoms with Crippen LogP contribution in [0, 0.1) is 45.8 Å². The molecule has 0 heterocycles. The molecular weight excluding hydrogens is 282 g/mol. The van der Waals surface area contributed by atoms with E-state index in [9.17, 15) is 10.1 Å². The Bertz CT molecular complexity index is 599. The van der Waals surface area contributed by atoms with Crippen molar-refractivity contribution in [1.29, 1.82) is 5.26 Å². The SMILES string of the molecule is CC[C@]12CC[C@H]3[C@@H](CCC4=CC(=O)CC[C@@H]43)[C@@H]1CC[C@]2(C)C#N. The minimum absolute atomic E-state index is 0.115. The van der Waals surface area contributed by atoms with Gasteiger partial charge >= 0.3 is 0 Å². The van der Waals surface area contributed by atoms with Gasteiger partial charge in [-0.25, -0.2) is 0 Å². The maximum atomic E-state index is 11.8. The number of nitriles is 1. The summed E-state index contributed by atoms with van der Waals surface area (Å²) in [5.74, 6) is 3.36. The fraction of sp³-hybridized carbons (Fsp3) is 0.810. The Balaban J connectivity index is 1.67. The van der Waals surface area contributed by atoms with Gasteiger partial charge in [-0.1, -0.05) is 12.5 Å². The van der Waals surface area contributed by atoms with Crippen LogP contribution in [-0.4, -0.2) is 5.78 Å². The molecule has 0 N–H and O–H groups in total. The summed E-state index contributed by atoms with van der Waals surface area (Å²) in [5.41, 5.74) is 1.61. The first kappa shape index (κ1) is 15.4. The van der Waals surface area contributed by atoms with Gasteiger partial charge in [-0.2, -0.15) is 5.26 Å². The first-order valence-corrected chi connectivity index (χ1v) is 9.69. The average molecular weight is 311 g/mol. The summed E-state index contributed by atoms with van der Waals surface area (Å²) < 4.78 is 0. The monoisotopic (exact) mass is 311 g/mol. The third-order valence-corrected chi connectivity index (χ3v) is 8.44. The van der Waals surface area contributed by atoms with Crippen molar-refractivity contribution in [3.8, 4) is 6.07 Å². The van der Waals surface area contributed by atoms with Gasteiger partial charge in [0.1, 0.15) is 0 Å². The predicted octanol–water partition coefficient (Wildman–Crippen LogP) is 5.05. The highest BCUT2D eigenvalue weighted by atomic mass is 16.1. The molecule has 6 atom stereocenters. The van der Waals surface area contributed by atoms with Crippen LogP contribution in [0.25, 0.3) is 0 Å². The lowest BCUT2D eigenvalue weighted by Gasteiger charge is -2.56. The van der Waals surface area contributed by atoms with Gasteiger partial charge in [0.2, 0.25) is 0 Å². The Labute approximate surface area is 140 Å². The zero-order chi connectivity index (χ0) is 16.2. The fourth-order valence-electron chi connectivity index (χ4n) is 7.26. The van der Waals surface area contributed by atoms with Crippen molar-refractivity contribution in [3.05, 3.63) is 11.6 Å². The first-order valence-electron chi connectivity index (χ1n) is 9.69. The van der Waals surface area contributed by atoms with Crippen molar-refractivity contribution in [2.24, 2.45) is 34.5 Å². The van der Waals surface area contributed by atoms with E-state index in [1.165, 1.54) is 31.3 Å². The van der Waals surface area contributed by atoms with E-state index in [2.05, 4.69) is 19.9 Å². The molecule has 0 unspecified atom stereocenters. The highest BCUT2D eigenvalue weighted by Gasteiger charge is 2.62. The lowest BCUT2D eigenvalue weighted by atomic mass is 9.48. The molecule has 124 valence electrons. The number of allylic oxidation sites excluding steroid dienone is 1. The van der Waals surface area contributed by atoms with Gasteiger partial charge in [0.05, 0.1) is 11.5 Å². The Hall–Kier alpha value is -1.10. The van der Waals surface area contributed by atoms with Crippen LogP contribution in [0.5, 0.6) is 0 Å². The van der Waals surface area contributed by atoms with Crippen molar-refractivity contribution in [2.45, 2.75) is 71.6 Å². The molecule has 0 bridgehead atoms. The van der Waals surface area contributed by atoms with Crippen molar-refractivity contribution in [3.63, 3.8) is 0 Å². The zero-order valence-corrected chi connectivity index (χ0v) is 14.6. The average Bonchev–Trinajstić information content (AvgIpc) is 2.88. The topological polar surface area (TPSA) is 40.9 Å². The second-order valence-electron chi connectivity index (χ2n) is 8.83. The van der Waals surface area contributed by atoms with E-state index < -0.39 is 0 Å². The van der Waals surface area contributed by atoms with E-state index in [1.807, 2.05) is 6.08 Å². The minimum atomic E-state index is -0.115. The van der Waals surface area contributed by atoms with Gasteiger partial charge in [0.15, 0.2) is 5.78 Å². The van der Waals surface area contributed by atoms with Gasteiger partial charge in [0.25, 0.3) is 0 Å². The summed E-state index contributed by atoms with van der Waals surface area (Å²) in [7, 11) is 0. The Morgan fingerprint density at radius 3 is 2.74 bits per heavy atom. The van der Waals surface area contributed by atoms with Crippen LogP contribution in [0.15, 0.2) is 11.6 Å². The molecular formula is C21H29NO. The first-order chi connectivity index (χ1) is 11.0. The Kier molecular flexibility index (Phi) is 3.49. The quantitative estimate of drug-likeness (QED) is 0.680. The maximum Gasteiger partial charge on any atom is 0.155 e. The predicted molar refractivity (Wildman–Crippen MR) is 90.4 cm³/mol. The van der Waals surface area contributed by atoms with Crippen LogP contribution < -0.4 is 0 Å². The smallest absolute Gasteiger partial charge is 0.155 e. The summed E-state index contributed by atoms with van der Waals surface area (Å²) in [5, 5.41) is 9.88. The number of carbonyl (C=O) groups is 1. The number of hydrogen-bond acceptors (Lipinski definition) is 2. The van der Waals surface area contributed by atoms with Gasteiger partial charge in [-0.3, -0.25) is 4.79 Å². The molecule has 0 aliphatic heterocycles. The summed E-state index contributed by atoms with van der Waals surface area (Å²) >= 11 is 0. The standard InChI is InChI=1S/C21H29NO/c1-3-21-11-8-17-16-7-5-15(23)12-14(16)4-6-18(17)19(21)9-10-20(21,2)13-22/h12,16-19H,3-11H2,1-2H3/t16-,17+,18+,19-,20+,21-/m0/s1. The van der Waals surface area contributed by atoms with Crippen LogP contribution >= 0.6 is 0 Å². The molecule has 2 heteroatoms. The van der Waals surface area contributed by atoms with E-state index in [1.54, 1.807) is 0 Å². The molecule has 0 aromatic carbocycles. The Morgan fingerprint density at radius 1 is 1.17 bits per heavy atom. The van der Waals surface area contributed by atoms with Crippen molar-refractivity contribution < 1.29 is 4.79 Å². The van der Waals surface area contributed by atoms with Crippen molar-refractivity contribution in [2.75, 3.05) is 0 Å². The zero-order valence-electron chi connectivity index (χ0n) is 14.6. The lowest BCUT2D eigenvalue weighted by molar-refractivity contribution is -0.116. The van der Waals surface area contributed by atoms with Crippen LogP contribution in [0.4, 0.5) is 0 Å². The molecule has 4 aliphatic rings. The number of nitrogens with zero attached hydrogens (tertiary/aromatic N) is 1. The van der Waals surface area contributed by atoms with Crippen molar-refractivity contribution >= 4 is 5.78 Å². The van der Waals surface area contributed by atoms with E-state index in [0.717, 1.165) is 49.9 Å². The van der Waals surface area contributed by atoms with Gasteiger partial charge in [-0.15, -0.1) is 0 Å². The highest BCUT2D eigenvalue weighted by Crippen LogP contribution is 2.68. The van der Waals surface area contributed by atoms with E-state index in [4.69, 9.17) is 0 Å². The molecule has 0 spiro atoms. The molecule has 3 fully saturated rings. The van der Waals surface area contributed by atoms with E-state index in [0.29, 0.717) is 11.7 Å². The fourth-order valence-corrected chi connectivity index (χ4v) is 7.26. The highest BCUT2D eigenvalue weighted by molar-refractivity contribution is 5.91. The lowest BCUT2D eigenvalue weighted by Crippen LogP contribution is -2.49. The molecule has 0 saturated heterocycles. The molecule has 4 aliphatic carbocycles. The number of fused-ring (bicyclic) bond motifs is 5. The summed E-state index contributed by atoms with van der Waals surface area (Å²) in [6, 6.07) is 2.73. The van der Waals surface area contributed by atoms with E-state index >= 15 is 0 Å². The number of ketones is 1. The maximum absolute atomic E-state index is 11.8. The number of carbonyl (C=O) groups excluding carboxylic acids is 1. The van der Waals surface area contributed by atoms with Gasteiger partial charge < -0.3 is 0 Å². The largest absolute Gasteiger partial charge is 0.295 e. The number of rotatable bonds is 1. The normalized spacial score (nSPS) is 48.7. The minimum Gasteiger partial charge on any atom is -0.295 e. The van der Waals surface area contributed by atoms with Gasteiger partial charge in [-0.05, 0) is 93.5 Å². The second-order valence-corrected chi connectivity index (χ2v) is 8.83. The van der Waals surface area contributed by atoms with E-state index in [-0.39, 0.29) is 10.8 Å². The summed E-state index contributed by atoms with van der Waals surface area (Å²) in [6.07, 6.45) is 12.3. The van der Waals surface area contributed by atoms with Gasteiger partial charge in [0, 0.05) is 6.42 Å². The molecule has 3 saturated carbocycles. The molecule has 2 nitrogen and oxygen atoms in total. The summed E-state index contributed by atoms with van der Waals surface area (Å²) in [4.78, 5) is 11.8. The van der Waals surface area contributed by atoms with Crippen LogP contribution in [0.1, 0.15) is 71.6 Å². The third kappa shape index (κ3) is 1.95. The Morgan fingerprint density at radius 2 is 2.00 bits per heavy atom. The second kappa shape index (κ2) is 5.20. The molecule has 0 radical (unpaired) electrons. The molecule has 23 heavy (non-hydrogen) atoms. The van der Waals surface area contributed by atoms with Crippen LogP contribution in [-0.2, 0) is 4.79 Å². The molecule has 0 aromatic heterocycles. The van der Waals surface area contributed by atoms with Crippen LogP contribution in [0.2, 0.25) is 0 Å². The summed E-state index contributed by atoms with van der Waals surface area (Å²) in [6.45, 7) is 4.56. The molecule has 0 aromatic rings. The molecule has 0 amide bonds. The number of hydrogen-bond donors (Lipinski definition) is 0. The third-order valence-electron chi connectivity index (χ3n) is 8.44. The molecule has 4 rings (SSSR count).